The second kappa shape index (κ2) is 7.90. The van der Waals surface area contributed by atoms with Crippen molar-refractivity contribution in [2.24, 2.45) is 0 Å². The minimum atomic E-state index is 0.514. The van der Waals surface area contributed by atoms with Gasteiger partial charge in [-0.2, -0.15) is 4.98 Å². The molecule has 6 nitrogen and oxygen atoms in total. The molecule has 4 rings (SSSR count). The van der Waals surface area contributed by atoms with Gasteiger partial charge in [0.25, 0.3) is 0 Å². The summed E-state index contributed by atoms with van der Waals surface area (Å²) in [5, 5.41) is 7.30. The van der Waals surface area contributed by atoms with E-state index < -0.39 is 0 Å². The van der Waals surface area contributed by atoms with E-state index in [9.17, 15) is 0 Å². The van der Waals surface area contributed by atoms with E-state index in [2.05, 4.69) is 15.5 Å². The molecule has 7 heteroatoms. The lowest BCUT2D eigenvalue weighted by molar-refractivity contribution is 0.446. The van der Waals surface area contributed by atoms with Crippen LogP contribution in [-0.4, -0.2) is 36.1 Å². The standard InChI is InChI=1S/C20H27ClN6/c1-23-14-5-4-10-27(12-14)19-15-6-2-3-7-18(15)25-20(26-19)24-13-8-9-16(21)17(22)11-13/h8-9,11,14,23H,2-7,10,12,22H2,1H3,(H,24,25,26)/t14-/m1/s1. The van der Waals surface area contributed by atoms with Crippen LogP contribution in [0.25, 0.3) is 0 Å². The molecule has 2 heterocycles. The summed E-state index contributed by atoms with van der Waals surface area (Å²) in [4.78, 5) is 12.2. The molecule has 1 saturated heterocycles. The minimum absolute atomic E-state index is 0.514. The topological polar surface area (TPSA) is 79.1 Å². The molecule has 2 aromatic rings. The highest BCUT2D eigenvalue weighted by molar-refractivity contribution is 6.33. The second-order valence-electron chi connectivity index (χ2n) is 7.44. The van der Waals surface area contributed by atoms with E-state index in [0.717, 1.165) is 37.4 Å². The quantitative estimate of drug-likeness (QED) is 0.698. The predicted molar refractivity (Wildman–Crippen MR) is 112 cm³/mol. The first-order valence-corrected chi connectivity index (χ1v) is 10.2. The summed E-state index contributed by atoms with van der Waals surface area (Å²) >= 11 is 6.04. The third-order valence-corrected chi connectivity index (χ3v) is 5.89. The van der Waals surface area contributed by atoms with Crippen LogP contribution in [0.15, 0.2) is 18.2 Å². The largest absolute Gasteiger partial charge is 0.397 e. The van der Waals surface area contributed by atoms with Crippen LogP contribution in [0.5, 0.6) is 0 Å². The Bertz CT molecular complexity index is 824. The molecule has 0 saturated carbocycles. The van der Waals surface area contributed by atoms with Crippen molar-refractivity contribution in [2.75, 3.05) is 36.1 Å². The summed E-state index contributed by atoms with van der Waals surface area (Å²) in [7, 11) is 2.04. The number of halogens is 1. The van der Waals surface area contributed by atoms with E-state index in [1.165, 1.54) is 36.9 Å². The van der Waals surface area contributed by atoms with Crippen molar-refractivity contribution in [2.45, 2.75) is 44.6 Å². The summed E-state index contributed by atoms with van der Waals surface area (Å²) in [6.07, 6.45) is 6.89. The Morgan fingerprint density at radius 3 is 2.85 bits per heavy atom. The highest BCUT2D eigenvalue weighted by Crippen LogP contribution is 2.32. The number of rotatable bonds is 4. The number of benzene rings is 1. The maximum absolute atomic E-state index is 6.04. The predicted octanol–water partition coefficient (Wildman–Crippen LogP) is 3.52. The molecule has 0 spiro atoms. The van der Waals surface area contributed by atoms with Crippen LogP contribution in [0.4, 0.5) is 23.1 Å². The zero-order valence-electron chi connectivity index (χ0n) is 15.8. The number of nitrogens with one attached hydrogen (secondary N) is 2. The first kappa shape index (κ1) is 18.3. The van der Waals surface area contributed by atoms with Gasteiger partial charge in [-0.3, -0.25) is 0 Å². The van der Waals surface area contributed by atoms with E-state index in [0.29, 0.717) is 22.7 Å². The molecule has 1 fully saturated rings. The average molecular weight is 387 g/mol. The molecule has 0 amide bonds. The van der Waals surface area contributed by atoms with E-state index >= 15 is 0 Å². The summed E-state index contributed by atoms with van der Waals surface area (Å²) in [6.45, 7) is 2.04. The van der Waals surface area contributed by atoms with Gasteiger partial charge < -0.3 is 21.3 Å². The third kappa shape index (κ3) is 3.96. The van der Waals surface area contributed by atoms with Crippen LogP contribution in [0.1, 0.15) is 36.9 Å². The number of nitrogens with two attached hydrogens (primary N) is 1. The molecule has 1 atom stereocenters. The van der Waals surface area contributed by atoms with Gasteiger partial charge in [0.1, 0.15) is 5.82 Å². The first-order chi connectivity index (χ1) is 13.1. The fourth-order valence-corrected chi connectivity index (χ4v) is 4.17. The molecule has 144 valence electrons. The minimum Gasteiger partial charge on any atom is -0.397 e. The summed E-state index contributed by atoms with van der Waals surface area (Å²) in [5.74, 6) is 1.74. The van der Waals surface area contributed by atoms with Crippen molar-refractivity contribution in [1.29, 1.82) is 0 Å². The van der Waals surface area contributed by atoms with Gasteiger partial charge in [-0.1, -0.05) is 11.6 Å². The van der Waals surface area contributed by atoms with E-state index in [1.807, 2.05) is 19.2 Å². The van der Waals surface area contributed by atoms with Crippen LogP contribution in [0.3, 0.4) is 0 Å². The van der Waals surface area contributed by atoms with Crippen LogP contribution >= 0.6 is 11.6 Å². The first-order valence-electron chi connectivity index (χ1n) is 9.78. The van der Waals surface area contributed by atoms with Gasteiger partial charge in [0.05, 0.1) is 16.4 Å². The molecule has 27 heavy (non-hydrogen) atoms. The van der Waals surface area contributed by atoms with Crippen molar-refractivity contribution >= 4 is 34.7 Å². The van der Waals surface area contributed by atoms with Gasteiger partial charge in [0.15, 0.2) is 0 Å². The van der Waals surface area contributed by atoms with E-state index in [-0.39, 0.29) is 0 Å². The molecule has 2 aliphatic rings. The lowest BCUT2D eigenvalue weighted by Crippen LogP contribution is -2.45. The Balaban J connectivity index is 1.67. The van der Waals surface area contributed by atoms with E-state index in [4.69, 9.17) is 27.3 Å². The Hall–Kier alpha value is -2.05. The maximum Gasteiger partial charge on any atom is 0.229 e. The monoisotopic (exact) mass is 386 g/mol. The Kier molecular flexibility index (Phi) is 5.36. The molecule has 0 radical (unpaired) electrons. The number of piperidine rings is 1. The van der Waals surface area contributed by atoms with Crippen molar-refractivity contribution in [1.82, 2.24) is 15.3 Å². The summed E-state index contributed by atoms with van der Waals surface area (Å²) in [6, 6.07) is 6.03. The highest BCUT2D eigenvalue weighted by atomic mass is 35.5. The van der Waals surface area contributed by atoms with Crippen molar-refractivity contribution in [3.8, 4) is 0 Å². The van der Waals surface area contributed by atoms with Crippen molar-refractivity contribution in [3.63, 3.8) is 0 Å². The molecule has 4 N–H and O–H groups in total. The smallest absolute Gasteiger partial charge is 0.229 e. The summed E-state index contributed by atoms with van der Waals surface area (Å²) < 4.78 is 0. The van der Waals surface area contributed by atoms with Gasteiger partial charge in [0.2, 0.25) is 5.95 Å². The zero-order chi connectivity index (χ0) is 18.8. The van der Waals surface area contributed by atoms with Gasteiger partial charge >= 0.3 is 0 Å². The van der Waals surface area contributed by atoms with Gasteiger partial charge in [-0.05, 0) is 63.8 Å². The molecular formula is C20H27ClN6. The lowest BCUT2D eigenvalue weighted by atomic mass is 9.95. The number of hydrogen-bond acceptors (Lipinski definition) is 6. The average Bonchev–Trinajstić information content (AvgIpc) is 2.70. The third-order valence-electron chi connectivity index (χ3n) is 5.54. The molecule has 1 aromatic carbocycles. The summed E-state index contributed by atoms with van der Waals surface area (Å²) in [5.41, 5.74) is 9.85. The zero-order valence-corrected chi connectivity index (χ0v) is 16.5. The van der Waals surface area contributed by atoms with Crippen LogP contribution in [-0.2, 0) is 12.8 Å². The Morgan fingerprint density at radius 1 is 1.19 bits per heavy atom. The molecule has 0 unspecified atom stereocenters. The van der Waals surface area contributed by atoms with Gasteiger partial charge in [-0.25, -0.2) is 4.98 Å². The number of fused-ring (bicyclic) bond motifs is 1. The number of hydrogen-bond donors (Lipinski definition) is 3. The van der Waals surface area contributed by atoms with E-state index in [1.54, 1.807) is 6.07 Å². The number of likely N-dealkylation sites (N-methyl/N-ethyl adjacent to an activating group) is 1. The fraction of sp³-hybridized carbons (Fsp3) is 0.500. The van der Waals surface area contributed by atoms with Crippen LogP contribution < -0.4 is 21.3 Å². The molecule has 1 aliphatic heterocycles. The van der Waals surface area contributed by atoms with Crippen molar-refractivity contribution < 1.29 is 0 Å². The second-order valence-corrected chi connectivity index (χ2v) is 7.85. The highest BCUT2D eigenvalue weighted by Gasteiger charge is 2.25. The Morgan fingerprint density at radius 2 is 2.04 bits per heavy atom. The van der Waals surface area contributed by atoms with Crippen LogP contribution in [0, 0.1) is 0 Å². The van der Waals surface area contributed by atoms with Gasteiger partial charge in [-0.15, -0.1) is 0 Å². The fourth-order valence-electron chi connectivity index (χ4n) is 4.05. The molecule has 1 aliphatic carbocycles. The molecule has 1 aromatic heterocycles. The number of anilines is 4. The number of aryl methyl sites for hydroxylation is 1. The maximum atomic E-state index is 6.04. The number of nitrogens with zero attached hydrogens (tertiary/aromatic N) is 3. The lowest BCUT2D eigenvalue weighted by Gasteiger charge is -2.35. The number of nitrogen functional groups attached to an aromatic ring is 1. The Labute approximate surface area is 165 Å². The van der Waals surface area contributed by atoms with Crippen molar-refractivity contribution in [3.05, 3.63) is 34.5 Å². The van der Waals surface area contributed by atoms with Gasteiger partial charge in [0, 0.05) is 30.4 Å². The van der Waals surface area contributed by atoms with Crippen LogP contribution in [0.2, 0.25) is 5.02 Å². The number of aromatic nitrogens is 2. The normalized spacial score (nSPS) is 19.6. The molecule has 0 bridgehead atoms. The molecular weight excluding hydrogens is 360 g/mol. The SMILES string of the molecule is CN[C@@H]1CCCN(c2nc(Nc3ccc(Cl)c(N)c3)nc3c2CCCC3)C1.